The highest BCUT2D eigenvalue weighted by Gasteiger charge is 2.18. The summed E-state index contributed by atoms with van der Waals surface area (Å²) in [5.74, 6) is 0. The van der Waals surface area contributed by atoms with Gasteiger partial charge < -0.3 is 9.13 Å². The first kappa shape index (κ1) is 27.7. The number of para-hydroxylation sites is 3. The Labute approximate surface area is 211 Å². The van der Waals surface area contributed by atoms with E-state index in [1.54, 1.807) is 0 Å². The van der Waals surface area contributed by atoms with Crippen molar-refractivity contribution in [2.24, 2.45) is 7.05 Å². The predicted octanol–water partition coefficient (Wildman–Crippen LogP) is 10.5. The molecule has 6 rings (SSSR count). The van der Waals surface area contributed by atoms with Crippen molar-refractivity contribution in [3.8, 4) is 5.69 Å². The van der Waals surface area contributed by atoms with Gasteiger partial charge in [-0.2, -0.15) is 0 Å². The second-order valence-corrected chi connectivity index (χ2v) is 7.12. The van der Waals surface area contributed by atoms with Crippen molar-refractivity contribution in [1.82, 2.24) is 9.13 Å². The van der Waals surface area contributed by atoms with Gasteiger partial charge in [0.05, 0.1) is 16.6 Å². The third-order valence-corrected chi connectivity index (χ3v) is 5.72. The molecule has 2 aromatic heterocycles. The Bertz CT molecular complexity index is 1470. The fraction of sp³-hybridized carbons (Fsp3) is 0.273. The van der Waals surface area contributed by atoms with Gasteiger partial charge in [-0.3, -0.25) is 0 Å². The van der Waals surface area contributed by atoms with Crippen LogP contribution in [0.25, 0.3) is 49.3 Å². The number of benzene rings is 4. The van der Waals surface area contributed by atoms with Crippen molar-refractivity contribution in [2.75, 3.05) is 0 Å². The highest BCUT2D eigenvalue weighted by Crippen LogP contribution is 2.39. The van der Waals surface area contributed by atoms with E-state index >= 15 is 0 Å². The molecule has 0 saturated heterocycles. The molecule has 0 saturated carbocycles. The van der Waals surface area contributed by atoms with Gasteiger partial charge in [0.2, 0.25) is 0 Å². The SMILES string of the molecule is CC.CC.CC.CC.Cn1c2ccccc2c2ccc3c4ccccc4n(-c4ccccc4)c3c21. The van der Waals surface area contributed by atoms with Crippen LogP contribution in [0.2, 0.25) is 0 Å². The molecule has 0 amide bonds. The van der Waals surface area contributed by atoms with Crippen LogP contribution >= 0.6 is 0 Å². The fourth-order valence-corrected chi connectivity index (χ4v) is 4.56. The van der Waals surface area contributed by atoms with E-state index in [2.05, 4.69) is 107 Å². The average molecular weight is 467 g/mol. The molecule has 0 spiro atoms. The normalized spacial score (nSPS) is 9.86. The van der Waals surface area contributed by atoms with E-state index in [1.165, 1.54) is 49.3 Å². The van der Waals surface area contributed by atoms with Crippen LogP contribution in [0.5, 0.6) is 0 Å². The lowest BCUT2D eigenvalue weighted by Gasteiger charge is -2.09. The zero-order valence-electron chi connectivity index (χ0n) is 23.1. The maximum atomic E-state index is 2.41. The second-order valence-electron chi connectivity index (χ2n) is 7.12. The number of hydrogen-bond donors (Lipinski definition) is 0. The quantitative estimate of drug-likeness (QED) is 0.228. The molecule has 184 valence electrons. The van der Waals surface area contributed by atoms with Gasteiger partial charge in [0, 0.05) is 39.8 Å². The van der Waals surface area contributed by atoms with Crippen LogP contribution in [0.3, 0.4) is 0 Å². The Hall–Kier alpha value is -3.52. The first-order valence-electron chi connectivity index (χ1n) is 13.3. The summed E-state index contributed by atoms with van der Waals surface area (Å²) >= 11 is 0. The van der Waals surface area contributed by atoms with E-state index in [4.69, 9.17) is 0 Å². The number of nitrogens with zero attached hydrogens (tertiary/aromatic N) is 2. The molecule has 6 aromatic rings. The van der Waals surface area contributed by atoms with E-state index in [0.717, 1.165) is 0 Å². The Morgan fingerprint density at radius 2 is 0.829 bits per heavy atom. The number of fused-ring (bicyclic) bond motifs is 7. The Morgan fingerprint density at radius 1 is 0.400 bits per heavy atom. The van der Waals surface area contributed by atoms with Crippen LogP contribution < -0.4 is 0 Å². The van der Waals surface area contributed by atoms with Gasteiger partial charge in [-0.25, -0.2) is 0 Å². The van der Waals surface area contributed by atoms with Crippen LogP contribution in [0.4, 0.5) is 0 Å². The third-order valence-electron chi connectivity index (χ3n) is 5.72. The highest BCUT2D eigenvalue weighted by atomic mass is 15.0. The van der Waals surface area contributed by atoms with Crippen LogP contribution in [0.1, 0.15) is 55.4 Å². The molecule has 0 N–H and O–H groups in total. The van der Waals surface area contributed by atoms with Crippen LogP contribution in [-0.2, 0) is 7.05 Å². The average Bonchev–Trinajstić information content (AvgIpc) is 3.46. The number of hydrogen-bond acceptors (Lipinski definition) is 0. The lowest BCUT2D eigenvalue weighted by atomic mass is 10.1. The molecule has 2 heterocycles. The summed E-state index contributed by atoms with van der Waals surface area (Å²) in [6.07, 6.45) is 0. The zero-order chi connectivity index (χ0) is 26.0. The van der Waals surface area contributed by atoms with Gasteiger partial charge in [0.25, 0.3) is 0 Å². The topological polar surface area (TPSA) is 9.86 Å². The zero-order valence-corrected chi connectivity index (χ0v) is 23.1. The van der Waals surface area contributed by atoms with Crippen LogP contribution in [0, 0.1) is 0 Å². The molecular weight excluding hydrogens is 424 g/mol. The Kier molecular flexibility index (Phi) is 10.6. The molecule has 35 heavy (non-hydrogen) atoms. The molecule has 0 bridgehead atoms. The fourth-order valence-electron chi connectivity index (χ4n) is 4.56. The Morgan fingerprint density at radius 3 is 1.40 bits per heavy atom. The van der Waals surface area contributed by atoms with Crippen molar-refractivity contribution in [3.63, 3.8) is 0 Å². The minimum absolute atomic E-state index is 1.20. The second kappa shape index (κ2) is 13.4. The smallest absolute Gasteiger partial charge is 0.0785 e. The maximum Gasteiger partial charge on any atom is 0.0785 e. The molecule has 0 aliphatic heterocycles. The predicted molar refractivity (Wildman–Crippen MR) is 160 cm³/mol. The lowest BCUT2D eigenvalue weighted by Crippen LogP contribution is -1.96. The molecule has 0 radical (unpaired) electrons. The highest BCUT2D eigenvalue weighted by molar-refractivity contribution is 6.23. The Balaban J connectivity index is 0.000000495. The van der Waals surface area contributed by atoms with Crippen molar-refractivity contribution in [1.29, 1.82) is 0 Å². The van der Waals surface area contributed by atoms with E-state index in [-0.39, 0.29) is 0 Å². The molecular formula is C33H42N2. The van der Waals surface area contributed by atoms with Gasteiger partial charge >= 0.3 is 0 Å². The summed E-state index contributed by atoms with van der Waals surface area (Å²) in [6.45, 7) is 16.0. The first-order chi connectivity index (χ1) is 17.3. The van der Waals surface area contributed by atoms with E-state index in [0.29, 0.717) is 0 Å². The summed E-state index contributed by atoms with van der Waals surface area (Å²) in [5.41, 5.74) is 6.27. The van der Waals surface area contributed by atoms with Crippen molar-refractivity contribution in [2.45, 2.75) is 55.4 Å². The lowest BCUT2D eigenvalue weighted by molar-refractivity contribution is 1.01. The molecule has 0 aliphatic carbocycles. The largest absolute Gasteiger partial charge is 0.342 e. The summed E-state index contributed by atoms with van der Waals surface area (Å²) < 4.78 is 4.75. The molecule has 0 atom stereocenters. The number of rotatable bonds is 1. The molecule has 0 aliphatic rings. The number of aryl methyl sites for hydroxylation is 1. The van der Waals surface area contributed by atoms with E-state index in [1.807, 2.05) is 55.4 Å². The monoisotopic (exact) mass is 466 g/mol. The van der Waals surface area contributed by atoms with Gasteiger partial charge in [-0.1, -0.05) is 122 Å². The van der Waals surface area contributed by atoms with E-state index in [9.17, 15) is 0 Å². The van der Waals surface area contributed by atoms with Gasteiger partial charge in [-0.15, -0.1) is 0 Å². The molecule has 0 fully saturated rings. The standard InChI is InChI=1S/C25H18N2.4C2H6/c1-26-22-13-7-5-11-18(22)20-15-16-21-19-12-6-8-14-23(19)27(25(21)24(20)26)17-9-3-2-4-10-17;4*1-2/h2-16H,1H3;4*1-2H3. The summed E-state index contributed by atoms with van der Waals surface area (Å²) in [5, 5.41) is 5.21. The van der Waals surface area contributed by atoms with Crippen molar-refractivity contribution in [3.05, 3.63) is 91.0 Å². The van der Waals surface area contributed by atoms with E-state index < -0.39 is 0 Å². The van der Waals surface area contributed by atoms with Crippen LogP contribution in [-0.4, -0.2) is 9.13 Å². The van der Waals surface area contributed by atoms with Gasteiger partial charge in [0.1, 0.15) is 0 Å². The summed E-state index contributed by atoms with van der Waals surface area (Å²) in [6, 6.07) is 32.6. The van der Waals surface area contributed by atoms with Gasteiger partial charge in [0.15, 0.2) is 0 Å². The van der Waals surface area contributed by atoms with Crippen LogP contribution in [0.15, 0.2) is 91.0 Å². The molecule has 4 aromatic carbocycles. The number of aromatic nitrogens is 2. The third kappa shape index (κ3) is 4.84. The molecule has 2 heteroatoms. The van der Waals surface area contributed by atoms with Crippen molar-refractivity contribution >= 4 is 43.6 Å². The maximum absolute atomic E-state index is 2.41. The molecule has 0 unspecified atom stereocenters. The first-order valence-corrected chi connectivity index (χ1v) is 13.3. The summed E-state index contributed by atoms with van der Waals surface area (Å²) in [4.78, 5) is 0. The minimum Gasteiger partial charge on any atom is -0.342 e. The minimum atomic E-state index is 1.20. The molecule has 2 nitrogen and oxygen atoms in total. The van der Waals surface area contributed by atoms with Gasteiger partial charge in [-0.05, 0) is 24.3 Å². The van der Waals surface area contributed by atoms with Crippen molar-refractivity contribution < 1.29 is 0 Å². The summed E-state index contributed by atoms with van der Waals surface area (Å²) in [7, 11) is 2.18.